The summed E-state index contributed by atoms with van der Waals surface area (Å²) in [6.07, 6.45) is 0.0313. The number of ether oxygens (including phenoxy) is 2. The zero-order valence-corrected chi connectivity index (χ0v) is 15.1. The number of nitrogens with zero attached hydrogens (tertiary/aromatic N) is 1. The molecule has 0 heterocycles. The van der Waals surface area contributed by atoms with Crippen LogP contribution in [0.15, 0.2) is 48.5 Å². The van der Waals surface area contributed by atoms with E-state index in [1.54, 1.807) is 7.11 Å². The van der Waals surface area contributed by atoms with Crippen LogP contribution in [-0.2, 0) is 0 Å². The molecule has 1 unspecified atom stereocenters. The van der Waals surface area contributed by atoms with Crippen molar-refractivity contribution in [3.63, 3.8) is 0 Å². The molecule has 1 N–H and O–H groups in total. The van der Waals surface area contributed by atoms with Crippen molar-refractivity contribution in [1.29, 1.82) is 0 Å². The number of para-hydroxylation sites is 2. The molecule has 2 aromatic rings. The van der Waals surface area contributed by atoms with Gasteiger partial charge in [-0.3, -0.25) is 0 Å². The molecule has 0 saturated carbocycles. The Hall–Kier alpha value is -2.36. The quantitative estimate of drug-likeness (QED) is 0.739. The lowest BCUT2D eigenvalue weighted by molar-refractivity contribution is 0.223. The van der Waals surface area contributed by atoms with Crippen molar-refractivity contribution in [2.24, 2.45) is 0 Å². The third-order valence-corrected chi connectivity index (χ3v) is 3.99. The van der Waals surface area contributed by atoms with Crippen LogP contribution in [0.2, 0.25) is 0 Å². The average Bonchev–Trinajstić information content (AvgIpc) is 2.62. The molecule has 0 fully saturated rings. The first-order valence-electron chi connectivity index (χ1n) is 8.56. The van der Waals surface area contributed by atoms with E-state index in [0.29, 0.717) is 0 Å². The van der Waals surface area contributed by atoms with E-state index in [1.165, 1.54) is 5.69 Å². The minimum Gasteiger partial charge on any atom is -0.493 e. The normalized spacial score (nSPS) is 11.7. The van der Waals surface area contributed by atoms with Gasteiger partial charge in [-0.25, -0.2) is 0 Å². The zero-order valence-electron chi connectivity index (χ0n) is 15.1. The number of rotatable bonds is 9. The molecular weight excluding hydrogens is 300 g/mol. The predicted octanol–water partition coefficient (Wildman–Crippen LogP) is 4.42. The Bertz CT molecular complexity index is 609. The third kappa shape index (κ3) is 4.82. The highest BCUT2D eigenvalue weighted by molar-refractivity contribution is 5.55. The Morgan fingerprint density at radius 3 is 2.17 bits per heavy atom. The van der Waals surface area contributed by atoms with Crippen LogP contribution in [0.5, 0.6) is 11.5 Å². The molecule has 0 saturated heterocycles. The van der Waals surface area contributed by atoms with Crippen molar-refractivity contribution in [3.05, 3.63) is 48.5 Å². The van der Waals surface area contributed by atoms with Crippen LogP contribution in [-0.4, -0.2) is 32.8 Å². The van der Waals surface area contributed by atoms with Gasteiger partial charge in [0.15, 0.2) is 11.5 Å². The number of anilines is 2. The highest BCUT2D eigenvalue weighted by Crippen LogP contribution is 2.27. The third-order valence-electron chi connectivity index (χ3n) is 3.99. The van der Waals surface area contributed by atoms with E-state index in [1.807, 2.05) is 31.2 Å². The number of nitrogens with one attached hydrogen (secondary N) is 1. The average molecular weight is 328 g/mol. The molecule has 0 amide bonds. The molecule has 1 atom stereocenters. The molecular formula is C20H28N2O2. The van der Waals surface area contributed by atoms with Gasteiger partial charge in [-0.15, -0.1) is 0 Å². The summed E-state index contributed by atoms with van der Waals surface area (Å²) in [6, 6.07) is 16.3. The predicted molar refractivity (Wildman–Crippen MR) is 102 cm³/mol. The zero-order chi connectivity index (χ0) is 17.4. The maximum Gasteiger partial charge on any atom is 0.161 e. The first-order chi connectivity index (χ1) is 11.7. The van der Waals surface area contributed by atoms with E-state index in [2.05, 4.69) is 48.3 Å². The molecule has 2 rings (SSSR count). The minimum absolute atomic E-state index is 0.0313. The van der Waals surface area contributed by atoms with Crippen molar-refractivity contribution < 1.29 is 9.47 Å². The van der Waals surface area contributed by atoms with E-state index in [9.17, 15) is 0 Å². The van der Waals surface area contributed by atoms with Gasteiger partial charge < -0.3 is 19.7 Å². The smallest absolute Gasteiger partial charge is 0.161 e. The highest BCUT2D eigenvalue weighted by atomic mass is 16.5. The summed E-state index contributed by atoms with van der Waals surface area (Å²) in [5.74, 6) is 1.53. The number of hydrogen-bond acceptors (Lipinski definition) is 4. The molecule has 4 nitrogen and oxygen atoms in total. The summed E-state index contributed by atoms with van der Waals surface area (Å²) in [5, 5.41) is 3.42. The minimum atomic E-state index is 0.0313. The lowest BCUT2D eigenvalue weighted by Gasteiger charge is -2.21. The maximum absolute atomic E-state index is 5.96. The standard InChI is InChI=1S/C20H28N2O2/c1-5-22(6-2)18-13-11-17(12-14-18)21-15-16(3)24-20-10-8-7-9-19(20)23-4/h7-14,16,21H,5-6,15H2,1-4H3. The maximum atomic E-state index is 5.96. The van der Waals surface area contributed by atoms with Gasteiger partial charge in [0.05, 0.1) is 13.7 Å². The Morgan fingerprint density at radius 1 is 0.958 bits per heavy atom. The second-order valence-corrected chi connectivity index (χ2v) is 5.68. The van der Waals surface area contributed by atoms with Crippen molar-refractivity contribution in [3.8, 4) is 11.5 Å². The van der Waals surface area contributed by atoms with Crippen molar-refractivity contribution in [2.45, 2.75) is 26.9 Å². The first-order valence-corrected chi connectivity index (χ1v) is 8.56. The van der Waals surface area contributed by atoms with Crippen molar-refractivity contribution in [2.75, 3.05) is 37.0 Å². The van der Waals surface area contributed by atoms with E-state index in [4.69, 9.17) is 9.47 Å². The van der Waals surface area contributed by atoms with Gasteiger partial charge in [0.2, 0.25) is 0 Å². The van der Waals surface area contributed by atoms with E-state index in [-0.39, 0.29) is 6.10 Å². The fraction of sp³-hybridized carbons (Fsp3) is 0.400. The Labute approximate surface area is 145 Å². The molecule has 0 aliphatic carbocycles. The van der Waals surface area contributed by atoms with Gasteiger partial charge >= 0.3 is 0 Å². The lowest BCUT2D eigenvalue weighted by atomic mass is 10.2. The van der Waals surface area contributed by atoms with E-state index >= 15 is 0 Å². The molecule has 2 aromatic carbocycles. The summed E-state index contributed by atoms with van der Waals surface area (Å²) < 4.78 is 11.3. The molecule has 24 heavy (non-hydrogen) atoms. The molecule has 0 spiro atoms. The van der Waals surface area contributed by atoms with Crippen molar-refractivity contribution in [1.82, 2.24) is 0 Å². The summed E-state index contributed by atoms with van der Waals surface area (Å²) in [4.78, 5) is 2.33. The summed E-state index contributed by atoms with van der Waals surface area (Å²) >= 11 is 0. The van der Waals surface area contributed by atoms with Crippen LogP contribution >= 0.6 is 0 Å². The number of methoxy groups -OCH3 is 1. The van der Waals surface area contributed by atoms with Gasteiger partial charge in [-0.1, -0.05) is 12.1 Å². The molecule has 0 aromatic heterocycles. The SMILES string of the molecule is CCN(CC)c1ccc(NCC(C)Oc2ccccc2OC)cc1. The summed E-state index contributed by atoms with van der Waals surface area (Å²) in [7, 11) is 1.66. The Balaban J connectivity index is 1.88. The van der Waals surface area contributed by atoms with Crippen LogP contribution in [0.1, 0.15) is 20.8 Å². The number of benzene rings is 2. The topological polar surface area (TPSA) is 33.7 Å². The van der Waals surface area contributed by atoms with Gasteiger partial charge in [0.25, 0.3) is 0 Å². The second kappa shape index (κ2) is 9.06. The molecule has 0 aliphatic rings. The van der Waals surface area contributed by atoms with Crippen LogP contribution in [0.25, 0.3) is 0 Å². The van der Waals surface area contributed by atoms with Crippen molar-refractivity contribution >= 4 is 11.4 Å². The summed E-state index contributed by atoms with van der Waals surface area (Å²) in [5.41, 5.74) is 2.35. The fourth-order valence-corrected chi connectivity index (χ4v) is 2.62. The molecule has 0 radical (unpaired) electrons. The van der Waals surface area contributed by atoms with Crippen LogP contribution in [0.3, 0.4) is 0 Å². The van der Waals surface area contributed by atoms with Crippen LogP contribution in [0, 0.1) is 0 Å². The Morgan fingerprint density at radius 2 is 1.58 bits per heavy atom. The highest BCUT2D eigenvalue weighted by Gasteiger charge is 2.08. The fourth-order valence-electron chi connectivity index (χ4n) is 2.62. The van der Waals surface area contributed by atoms with Gasteiger partial charge in [0.1, 0.15) is 6.10 Å². The molecule has 0 bridgehead atoms. The molecule has 4 heteroatoms. The molecule has 0 aliphatic heterocycles. The van der Waals surface area contributed by atoms with E-state index in [0.717, 1.165) is 36.8 Å². The van der Waals surface area contributed by atoms with Crippen LogP contribution in [0.4, 0.5) is 11.4 Å². The van der Waals surface area contributed by atoms with Gasteiger partial charge in [-0.05, 0) is 57.2 Å². The largest absolute Gasteiger partial charge is 0.493 e. The molecule has 130 valence electrons. The first kappa shape index (κ1) is 18.0. The van der Waals surface area contributed by atoms with E-state index < -0.39 is 0 Å². The van der Waals surface area contributed by atoms with Gasteiger partial charge in [0, 0.05) is 24.5 Å². The second-order valence-electron chi connectivity index (χ2n) is 5.68. The van der Waals surface area contributed by atoms with Crippen LogP contribution < -0.4 is 19.7 Å². The number of hydrogen-bond donors (Lipinski definition) is 1. The van der Waals surface area contributed by atoms with Gasteiger partial charge in [-0.2, -0.15) is 0 Å². The lowest BCUT2D eigenvalue weighted by Crippen LogP contribution is -2.23. The summed E-state index contributed by atoms with van der Waals surface area (Å²) in [6.45, 7) is 9.16. The Kier molecular flexibility index (Phi) is 6.79. The monoisotopic (exact) mass is 328 g/mol.